The SMILES string of the molecule is C1CCC(NC2CCCCC2)CC1.CCCCOP(C)(=O)O. The Morgan fingerprint density at radius 2 is 1.45 bits per heavy atom. The monoisotopic (exact) mass is 333 g/mol. The van der Waals surface area contributed by atoms with Gasteiger partial charge in [-0.2, -0.15) is 0 Å². The smallest absolute Gasteiger partial charge is 0.324 e. The molecule has 0 bridgehead atoms. The highest BCUT2D eigenvalue weighted by Gasteiger charge is 2.19. The summed E-state index contributed by atoms with van der Waals surface area (Å²) in [6.45, 7) is 3.59. The van der Waals surface area contributed by atoms with Crippen molar-refractivity contribution in [3.63, 3.8) is 0 Å². The maximum Gasteiger partial charge on any atom is 0.325 e. The summed E-state index contributed by atoms with van der Waals surface area (Å²) >= 11 is 0. The molecular weight excluding hydrogens is 297 g/mol. The molecule has 2 aliphatic carbocycles. The molecule has 0 aliphatic heterocycles. The summed E-state index contributed by atoms with van der Waals surface area (Å²) in [5.41, 5.74) is 0. The van der Waals surface area contributed by atoms with E-state index in [4.69, 9.17) is 4.89 Å². The van der Waals surface area contributed by atoms with Crippen molar-refractivity contribution < 1.29 is 14.0 Å². The third kappa shape index (κ3) is 10.8. The van der Waals surface area contributed by atoms with E-state index < -0.39 is 7.60 Å². The van der Waals surface area contributed by atoms with Gasteiger partial charge in [-0.15, -0.1) is 0 Å². The first-order chi connectivity index (χ1) is 10.5. The van der Waals surface area contributed by atoms with Crippen molar-refractivity contribution >= 4 is 7.60 Å². The minimum atomic E-state index is -3.20. The zero-order valence-corrected chi connectivity index (χ0v) is 15.5. The van der Waals surface area contributed by atoms with Crippen molar-refractivity contribution in [2.75, 3.05) is 13.3 Å². The molecule has 0 aromatic rings. The molecule has 0 radical (unpaired) electrons. The van der Waals surface area contributed by atoms with Crippen LogP contribution in [0.3, 0.4) is 0 Å². The molecule has 132 valence electrons. The molecule has 0 saturated heterocycles. The molecule has 5 heteroatoms. The molecule has 1 unspecified atom stereocenters. The van der Waals surface area contributed by atoms with Gasteiger partial charge in [-0.3, -0.25) is 4.57 Å². The second-order valence-electron chi connectivity index (χ2n) is 6.83. The average molecular weight is 333 g/mol. The van der Waals surface area contributed by atoms with Gasteiger partial charge in [0.15, 0.2) is 0 Å². The first-order valence-corrected chi connectivity index (χ1v) is 11.2. The van der Waals surface area contributed by atoms with Crippen LogP contribution in [0.5, 0.6) is 0 Å². The van der Waals surface area contributed by atoms with Gasteiger partial charge in [0.1, 0.15) is 0 Å². The fourth-order valence-electron chi connectivity index (χ4n) is 3.25. The van der Waals surface area contributed by atoms with Crippen LogP contribution in [0.2, 0.25) is 0 Å². The lowest BCUT2D eigenvalue weighted by Gasteiger charge is -2.30. The van der Waals surface area contributed by atoms with Crippen molar-refractivity contribution in [2.45, 2.75) is 96.1 Å². The predicted molar refractivity (Wildman–Crippen MR) is 93.5 cm³/mol. The second kappa shape index (κ2) is 11.6. The van der Waals surface area contributed by atoms with Gasteiger partial charge in [0.2, 0.25) is 0 Å². The largest absolute Gasteiger partial charge is 0.325 e. The Bertz CT molecular complexity index is 291. The normalized spacial score (nSPS) is 23.4. The van der Waals surface area contributed by atoms with Gasteiger partial charge in [0, 0.05) is 18.7 Å². The lowest BCUT2D eigenvalue weighted by Crippen LogP contribution is -2.40. The summed E-state index contributed by atoms with van der Waals surface area (Å²) < 4.78 is 15.0. The van der Waals surface area contributed by atoms with Crippen LogP contribution in [0.4, 0.5) is 0 Å². The third-order valence-electron chi connectivity index (χ3n) is 4.51. The summed E-state index contributed by atoms with van der Waals surface area (Å²) in [6.07, 6.45) is 16.4. The fourth-order valence-corrected chi connectivity index (χ4v) is 3.72. The van der Waals surface area contributed by atoms with E-state index in [-0.39, 0.29) is 0 Å². The molecule has 22 heavy (non-hydrogen) atoms. The Kier molecular flexibility index (Phi) is 10.6. The van der Waals surface area contributed by atoms with Gasteiger partial charge in [-0.1, -0.05) is 51.9 Å². The molecule has 1 atom stereocenters. The van der Waals surface area contributed by atoms with Gasteiger partial charge in [0.25, 0.3) is 0 Å². The third-order valence-corrected chi connectivity index (χ3v) is 5.17. The Labute approximate surface area is 136 Å². The van der Waals surface area contributed by atoms with E-state index >= 15 is 0 Å². The Hall–Kier alpha value is 0.110. The van der Waals surface area contributed by atoms with Crippen LogP contribution < -0.4 is 5.32 Å². The first-order valence-electron chi connectivity index (χ1n) is 9.22. The van der Waals surface area contributed by atoms with Crippen molar-refractivity contribution in [3.05, 3.63) is 0 Å². The van der Waals surface area contributed by atoms with E-state index in [1.807, 2.05) is 6.92 Å². The minimum Gasteiger partial charge on any atom is -0.324 e. The minimum absolute atomic E-state index is 0.390. The number of nitrogens with one attached hydrogen (secondary N) is 1. The van der Waals surface area contributed by atoms with Crippen LogP contribution in [0.15, 0.2) is 0 Å². The molecule has 2 saturated carbocycles. The molecule has 2 fully saturated rings. The maximum atomic E-state index is 10.4. The Balaban J connectivity index is 0.000000239. The predicted octanol–water partition coefficient (Wildman–Crippen LogP) is 4.86. The van der Waals surface area contributed by atoms with E-state index in [1.165, 1.54) is 70.9 Å². The standard InChI is InChI=1S/C12H23N.C5H13O3P/c1-3-7-11(8-4-1)13-12-9-5-2-6-10-12;1-3-4-5-8-9(2,6)7/h11-13H,1-10H2;3-5H2,1-2H3,(H,6,7). The van der Waals surface area contributed by atoms with Gasteiger partial charge >= 0.3 is 7.60 Å². The lowest BCUT2D eigenvalue weighted by molar-refractivity contribution is 0.260. The molecule has 0 spiro atoms. The fraction of sp³-hybridized carbons (Fsp3) is 1.00. The van der Waals surface area contributed by atoms with E-state index in [0.29, 0.717) is 6.61 Å². The molecular formula is C17H36NO3P. The van der Waals surface area contributed by atoms with Crippen molar-refractivity contribution in [1.82, 2.24) is 5.32 Å². The molecule has 0 heterocycles. The van der Waals surface area contributed by atoms with Crippen LogP contribution >= 0.6 is 7.60 Å². The lowest BCUT2D eigenvalue weighted by atomic mass is 9.91. The number of hydrogen-bond acceptors (Lipinski definition) is 3. The average Bonchev–Trinajstić information content (AvgIpc) is 2.49. The van der Waals surface area contributed by atoms with Gasteiger partial charge < -0.3 is 14.7 Å². The topological polar surface area (TPSA) is 58.6 Å². The van der Waals surface area contributed by atoms with Crippen molar-refractivity contribution in [1.29, 1.82) is 0 Å². The summed E-state index contributed by atoms with van der Waals surface area (Å²) in [6, 6.07) is 1.74. The first kappa shape index (κ1) is 20.2. The molecule has 4 nitrogen and oxygen atoms in total. The van der Waals surface area contributed by atoms with Crippen LogP contribution in [0.1, 0.15) is 84.0 Å². The highest BCUT2D eigenvalue weighted by atomic mass is 31.2. The summed E-state index contributed by atoms with van der Waals surface area (Å²) in [4.78, 5) is 8.58. The van der Waals surface area contributed by atoms with E-state index in [1.54, 1.807) is 0 Å². The molecule has 0 aromatic carbocycles. The van der Waals surface area contributed by atoms with Crippen LogP contribution in [0, 0.1) is 0 Å². The highest BCUT2D eigenvalue weighted by molar-refractivity contribution is 7.51. The molecule has 2 aliphatic rings. The number of hydrogen-bond donors (Lipinski definition) is 2. The van der Waals surface area contributed by atoms with Crippen molar-refractivity contribution in [3.8, 4) is 0 Å². The van der Waals surface area contributed by atoms with Gasteiger partial charge in [0.05, 0.1) is 6.61 Å². The highest BCUT2D eigenvalue weighted by Crippen LogP contribution is 2.36. The molecule has 2 N–H and O–H groups in total. The van der Waals surface area contributed by atoms with Gasteiger partial charge in [-0.25, -0.2) is 0 Å². The zero-order chi connectivity index (χ0) is 16.3. The quantitative estimate of drug-likeness (QED) is 0.538. The summed E-state index contributed by atoms with van der Waals surface area (Å²) in [7, 11) is -3.20. The van der Waals surface area contributed by atoms with E-state index in [0.717, 1.165) is 24.9 Å². The molecule has 0 aromatic heterocycles. The van der Waals surface area contributed by atoms with E-state index in [2.05, 4.69) is 9.84 Å². The molecule has 2 rings (SSSR count). The Morgan fingerprint density at radius 1 is 1.00 bits per heavy atom. The Morgan fingerprint density at radius 3 is 1.82 bits per heavy atom. The maximum absolute atomic E-state index is 10.4. The summed E-state index contributed by atoms with van der Waals surface area (Å²) in [5.74, 6) is 0. The van der Waals surface area contributed by atoms with Crippen molar-refractivity contribution in [2.24, 2.45) is 0 Å². The molecule has 0 amide bonds. The van der Waals surface area contributed by atoms with Crippen LogP contribution in [-0.2, 0) is 9.09 Å². The van der Waals surface area contributed by atoms with E-state index in [9.17, 15) is 4.57 Å². The van der Waals surface area contributed by atoms with Gasteiger partial charge in [-0.05, 0) is 32.1 Å². The summed E-state index contributed by atoms with van der Waals surface area (Å²) in [5, 5.41) is 3.86. The van der Waals surface area contributed by atoms with Crippen LogP contribution in [-0.4, -0.2) is 30.2 Å². The second-order valence-corrected chi connectivity index (χ2v) is 8.69. The number of rotatable bonds is 6. The number of unbranched alkanes of at least 4 members (excludes halogenated alkanes) is 1. The zero-order valence-electron chi connectivity index (χ0n) is 14.6. The van der Waals surface area contributed by atoms with Crippen LogP contribution in [0.25, 0.3) is 0 Å².